The minimum absolute atomic E-state index is 0.193. The van der Waals surface area contributed by atoms with Crippen molar-refractivity contribution in [2.75, 3.05) is 28.1 Å². The van der Waals surface area contributed by atoms with E-state index in [2.05, 4.69) is 4.90 Å². The van der Waals surface area contributed by atoms with E-state index in [1.54, 1.807) is 31.4 Å². The number of ketones is 1. The number of benzene rings is 3. The molecular formula is C28H25Cl2NO6. The maximum Gasteiger partial charge on any atom is 0.231 e. The van der Waals surface area contributed by atoms with Gasteiger partial charge in [-0.25, -0.2) is 0 Å². The van der Waals surface area contributed by atoms with Crippen LogP contribution in [0.2, 0.25) is 10.0 Å². The second-order valence-corrected chi connectivity index (χ2v) is 9.55. The number of nitrogens with zero attached hydrogens (tertiary/aromatic N) is 1. The molecule has 0 aliphatic carbocycles. The Kier molecular flexibility index (Phi) is 6.94. The lowest BCUT2D eigenvalue weighted by Crippen LogP contribution is -2.32. The number of hydrogen-bond donors (Lipinski definition) is 0. The summed E-state index contributed by atoms with van der Waals surface area (Å²) in [6.07, 6.45) is 1.65. The van der Waals surface area contributed by atoms with E-state index in [1.807, 2.05) is 25.1 Å². The van der Waals surface area contributed by atoms with Gasteiger partial charge in [0, 0.05) is 29.8 Å². The van der Waals surface area contributed by atoms with Crippen LogP contribution in [-0.4, -0.2) is 38.7 Å². The Morgan fingerprint density at radius 1 is 0.973 bits per heavy atom. The van der Waals surface area contributed by atoms with Crippen molar-refractivity contribution in [1.82, 2.24) is 4.90 Å². The van der Waals surface area contributed by atoms with Gasteiger partial charge in [-0.15, -0.1) is 0 Å². The number of rotatable bonds is 6. The number of allylic oxidation sites excluding steroid dienone is 1. The summed E-state index contributed by atoms with van der Waals surface area (Å²) in [4.78, 5) is 15.5. The molecular weight excluding hydrogens is 517 g/mol. The minimum atomic E-state index is -0.209. The van der Waals surface area contributed by atoms with Crippen LogP contribution in [0.25, 0.3) is 6.08 Å². The molecule has 0 saturated heterocycles. The van der Waals surface area contributed by atoms with E-state index < -0.39 is 0 Å². The fraction of sp³-hybridized carbons (Fsp3) is 0.250. The molecule has 0 radical (unpaired) electrons. The van der Waals surface area contributed by atoms with Crippen molar-refractivity contribution in [2.24, 2.45) is 0 Å². The van der Waals surface area contributed by atoms with Gasteiger partial charge in [0.25, 0.3) is 0 Å². The lowest BCUT2D eigenvalue weighted by Gasteiger charge is -2.30. The standard InChI is InChI=1S/C28H25Cl2NO6/c1-15-25-18(13-31(14-36-25)12-16-5-7-20(29)21(30)9-16)10-19-24(32)23(37-26(15)19)11-17-6-8-22(33-2)28(35-4)27(17)34-3/h5-11H,12-14H2,1-4H3/b23-11-. The number of ether oxygens (including phenoxy) is 5. The molecule has 5 rings (SSSR count). The monoisotopic (exact) mass is 541 g/mol. The second-order valence-electron chi connectivity index (χ2n) is 8.74. The van der Waals surface area contributed by atoms with Crippen molar-refractivity contribution >= 4 is 35.1 Å². The highest BCUT2D eigenvalue weighted by Crippen LogP contribution is 2.45. The Bertz CT molecular complexity index is 1430. The summed E-state index contributed by atoms with van der Waals surface area (Å²) < 4.78 is 28.5. The average molecular weight is 542 g/mol. The first-order valence-corrected chi connectivity index (χ1v) is 12.3. The molecule has 0 aromatic heterocycles. The highest BCUT2D eigenvalue weighted by molar-refractivity contribution is 6.42. The molecule has 0 N–H and O–H groups in total. The van der Waals surface area contributed by atoms with Crippen LogP contribution in [0.3, 0.4) is 0 Å². The number of Topliss-reactive ketones (excluding diaryl/α,β-unsaturated/α-hetero) is 1. The summed E-state index contributed by atoms with van der Waals surface area (Å²) in [5.74, 6) is 2.63. The molecule has 192 valence electrons. The third-order valence-electron chi connectivity index (χ3n) is 6.41. The van der Waals surface area contributed by atoms with Gasteiger partial charge in [-0.1, -0.05) is 29.3 Å². The lowest BCUT2D eigenvalue weighted by molar-refractivity contribution is 0.0876. The zero-order valence-electron chi connectivity index (χ0n) is 20.8. The van der Waals surface area contributed by atoms with E-state index in [9.17, 15) is 4.79 Å². The SMILES string of the molecule is COc1ccc(/C=C2\Oc3c(cc4c(c3C)OCN(Cc3ccc(Cl)c(Cl)c3)C4)C2=O)c(OC)c1OC. The van der Waals surface area contributed by atoms with Crippen molar-refractivity contribution in [1.29, 1.82) is 0 Å². The molecule has 3 aromatic carbocycles. The van der Waals surface area contributed by atoms with E-state index in [1.165, 1.54) is 14.2 Å². The first kappa shape index (κ1) is 25.3. The highest BCUT2D eigenvalue weighted by atomic mass is 35.5. The van der Waals surface area contributed by atoms with Crippen molar-refractivity contribution < 1.29 is 28.5 Å². The first-order valence-electron chi connectivity index (χ1n) is 11.5. The summed E-state index contributed by atoms with van der Waals surface area (Å²) >= 11 is 12.2. The van der Waals surface area contributed by atoms with Crippen LogP contribution in [0.4, 0.5) is 0 Å². The molecule has 0 fully saturated rings. The summed E-state index contributed by atoms with van der Waals surface area (Å²) in [6, 6.07) is 11.0. The summed E-state index contributed by atoms with van der Waals surface area (Å²) in [7, 11) is 4.61. The molecule has 0 spiro atoms. The molecule has 0 amide bonds. The predicted molar refractivity (Wildman–Crippen MR) is 141 cm³/mol. The number of methoxy groups -OCH3 is 3. The molecule has 37 heavy (non-hydrogen) atoms. The van der Waals surface area contributed by atoms with Crippen LogP contribution in [0.5, 0.6) is 28.7 Å². The number of fused-ring (bicyclic) bond motifs is 2. The van der Waals surface area contributed by atoms with Gasteiger partial charge in [-0.3, -0.25) is 9.69 Å². The van der Waals surface area contributed by atoms with Crippen LogP contribution in [0.15, 0.2) is 42.2 Å². The van der Waals surface area contributed by atoms with Crippen LogP contribution < -0.4 is 23.7 Å². The van der Waals surface area contributed by atoms with Crippen molar-refractivity contribution in [3.05, 3.63) is 80.0 Å². The van der Waals surface area contributed by atoms with E-state index in [-0.39, 0.29) is 11.5 Å². The first-order chi connectivity index (χ1) is 17.8. The van der Waals surface area contributed by atoms with Gasteiger partial charge in [0.15, 0.2) is 17.3 Å². The zero-order chi connectivity index (χ0) is 26.3. The predicted octanol–water partition coefficient (Wildman–Crippen LogP) is 6.30. The molecule has 0 bridgehead atoms. The van der Waals surface area contributed by atoms with E-state index in [0.29, 0.717) is 64.0 Å². The molecule has 0 unspecified atom stereocenters. The Morgan fingerprint density at radius 2 is 1.76 bits per heavy atom. The van der Waals surface area contributed by atoms with Crippen molar-refractivity contribution in [3.63, 3.8) is 0 Å². The summed E-state index contributed by atoms with van der Waals surface area (Å²) in [5, 5.41) is 1.03. The Balaban J connectivity index is 1.44. The van der Waals surface area contributed by atoms with Crippen LogP contribution in [-0.2, 0) is 13.1 Å². The Morgan fingerprint density at radius 3 is 2.46 bits per heavy atom. The zero-order valence-corrected chi connectivity index (χ0v) is 22.3. The van der Waals surface area contributed by atoms with E-state index in [0.717, 1.165) is 22.4 Å². The second kappa shape index (κ2) is 10.2. The maximum atomic E-state index is 13.4. The van der Waals surface area contributed by atoms with Crippen LogP contribution in [0.1, 0.15) is 32.6 Å². The molecule has 9 heteroatoms. The molecule has 2 aliphatic rings. The van der Waals surface area contributed by atoms with Crippen LogP contribution >= 0.6 is 23.2 Å². The van der Waals surface area contributed by atoms with E-state index in [4.69, 9.17) is 46.9 Å². The molecule has 3 aromatic rings. The summed E-state index contributed by atoms with van der Waals surface area (Å²) in [5.41, 5.74) is 3.86. The van der Waals surface area contributed by atoms with Crippen molar-refractivity contribution in [3.8, 4) is 28.7 Å². The third kappa shape index (κ3) is 4.59. The fourth-order valence-corrected chi connectivity index (χ4v) is 4.99. The third-order valence-corrected chi connectivity index (χ3v) is 7.15. The number of carbonyl (C=O) groups is 1. The van der Waals surface area contributed by atoms with Crippen LogP contribution in [0, 0.1) is 6.92 Å². The minimum Gasteiger partial charge on any atom is -0.493 e. The quantitative estimate of drug-likeness (QED) is 0.339. The fourth-order valence-electron chi connectivity index (χ4n) is 4.67. The van der Waals surface area contributed by atoms with Gasteiger partial charge in [0.2, 0.25) is 11.5 Å². The number of carbonyl (C=O) groups excluding carboxylic acids is 1. The molecule has 2 heterocycles. The van der Waals surface area contributed by atoms with Gasteiger partial charge < -0.3 is 23.7 Å². The van der Waals surface area contributed by atoms with Crippen molar-refractivity contribution in [2.45, 2.75) is 20.0 Å². The number of halogens is 2. The highest BCUT2D eigenvalue weighted by Gasteiger charge is 2.34. The van der Waals surface area contributed by atoms with Gasteiger partial charge in [-0.05, 0) is 48.9 Å². The molecule has 0 atom stereocenters. The summed E-state index contributed by atoms with van der Waals surface area (Å²) in [6.45, 7) is 3.53. The molecule has 7 nitrogen and oxygen atoms in total. The van der Waals surface area contributed by atoms with Gasteiger partial charge in [0.05, 0.1) is 36.9 Å². The largest absolute Gasteiger partial charge is 0.493 e. The van der Waals surface area contributed by atoms with Gasteiger partial charge in [-0.2, -0.15) is 0 Å². The Labute approximate surface area is 225 Å². The smallest absolute Gasteiger partial charge is 0.231 e. The average Bonchev–Trinajstić information content (AvgIpc) is 3.21. The molecule has 2 aliphatic heterocycles. The molecule has 0 saturated carbocycles. The maximum absolute atomic E-state index is 13.4. The lowest BCUT2D eigenvalue weighted by atomic mass is 9.99. The van der Waals surface area contributed by atoms with Gasteiger partial charge in [0.1, 0.15) is 18.2 Å². The number of hydrogen-bond acceptors (Lipinski definition) is 7. The topological polar surface area (TPSA) is 66.5 Å². The van der Waals surface area contributed by atoms with Gasteiger partial charge >= 0.3 is 0 Å². The normalized spacial score (nSPS) is 15.6. The Hall–Kier alpha value is -3.39. The van der Waals surface area contributed by atoms with E-state index >= 15 is 0 Å².